The largest absolute Gasteiger partial charge is 0.480 e. The van der Waals surface area contributed by atoms with Gasteiger partial charge in [0.1, 0.15) is 6.61 Å². The van der Waals surface area contributed by atoms with E-state index in [1.807, 2.05) is 0 Å². The van der Waals surface area contributed by atoms with Crippen molar-refractivity contribution >= 4 is 11.9 Å². The highest BCUT2D eigenvalue weighted by atomic mass is 19.4. The average Bonchev–Trinajstić information content (AvgIpc) is 2.60. The normalized spacial score (nSPS) is 21.2. The van der Waals surface area contributed by atoms with E-state index < -0.39 is 30.8 Å². The molecule has 0 aliphatic carbocycles. The average molecular weight is 241 g/mol. The van der Waals surface area contributed by atoms with Crippen LogP contribution in [0.4, 0.5) is 13.2 Å². The van der Waals surface area contributed by atoms with Crippen LogP contribution in [0.1, 0.15) is 6.42 Å². The summed E-state index contributed by atoms with van der Waals surface area (Å²) < 4.78 is 40.8. The summed E-state index contributed by atoms with van der Waals surface area (Å²) in [7, 11) is 0. The van der Waals surface area contributed by atoms with Crippen molar-refractivity contribution in [3.05, 3.63) is 0 Å². The number of carboxylic acids is 1. The van der Waals surface area contributed by atoms with Crippen molar-refractivity contribution < 1.29 is 32.6 Å². The summed E-state index contributed by atoms with van der Waals surface area (Å²) in [5.74, 6) is -3.10. The number of carbonyl (C=O) groups is 2. The van der Waals surface area contributed by atoms with E-state index >= 15 is 0 Å². The molecular formula is C8H10F3NO4. The SMILES string of the molecule is O=C(O)COC1CCN(C(=O)C(F)(F)F)C1. The number of ether oxygens (including phenoxy) is 1. The first-order valence-corrected chi connectivity index (χ1v) is 4.50. The van der Waals surface area contributed by atoms with Gasteiger partial charge in [0.2, 0.25) is 0 Å². The number of aliphatic carboxylic acids is 1. The lowest BCUT2D eigenvalue weighted by molar-refractivity contribution is -0.184. The van der Waals surface area contributed by atoms with E-state index in [-0.39, 0.29) is 19.5 Å². The molecule has 5 nitrogen and oxygen atoms in total. The molecule has 0 radical (unpaired) electrons. The first-order chi connectivity index (χ1) is 7.30. The third-order valence-electron chi connectivity index (χ3n) is 2.12. The zero-order valence-corrected chi connectivity index (χ0v) is 8.16. The fourth-order valence-corrected chi connectivity index (χ4v) is 1.42. The third-order valence-corrected chi connectivity index (χ3v) is 2.12. The maximum absolute atomic E-state index is 12.0. The molecule has 0 aromatic rings. The number of carbonyl (C=O) groups excluding carboxylic acids is 1. The zero-order valence-electron chi connectivity index (χ0n) is 8.16. The summed E-state index contributed by atoms with van der Waals surface area (Å²) >= 11 is 0. The predicted molar refractivity (Wildman–Crippen MR) is 44.6 cm³/mol. The molecule has 1 heterocycles. The van der Waals surface area contributed by atoms with E-state index in [4.69, 9.17) is 9.84 Å². The second-order valence-corrected chi connectivity index (χ2v) is 3.36. The Kier molecular flexibility index (Phi) is 3.74. The Labute approximate surface area is 88.8 Å². The second kappa shape index (κ2) is 4.69. The van der Waals surface area contributed by atoms with Gasteiger partial charge in [-0.3, -0.25) is 4.79 Å². The number of carboxylic acid groups (broad SMARTS) is 1. The number of halogens is 3. The van der Waals surface area contributed by atoms with E-state index in [1.165, 1.54) is 0 Å². The van der Waals surface area contributed by atoms with Crippen LogP contribution in [0.3, 0.4) is 0 Å². The lowest BCUT2D eigenvalue weighted by atomic mass is 10.3. The molecule has 1 atom stereocenters. The molecule has 92 valence electrons. The highest BCUT2D eigenvalue weighted by Gasteiger charge is 2.44. The first kappa shape index (κ1) is 12.8. The minimum atomic E-state index is -4.89. The van der Waals surface area contributed by atoms with Gasteiger partial charge in [-0.15, -0.1) is 0 Å². The Hall–Kier alpha value is -1.31. The summed E-state index contributed by atoms with van der Waals surface area (Å²) in [5, 5.41) is 8.29. The quantitative estimate of drug-likeness (QED) is 0.769. The highest BCUT2D eigenvalue weighted by Crippen LogP contribution is 2.22. The number of rotatable bonds is 3. The Morgan fingerprint density at radius 1 is 1.44 bits per heavy atom. The number of hydrogen-bond donors (Lipinski definition) is 1. The van der Waals surface area contributed by atoms with Gasteiger partial charge < -0.3 is 14.7 Å². The molecule has 1 aliphatic heterocycles. The van der Waals surface area contributed by atoms with Gasteiger partial charge in [-0.25, -0.2) is 4.79 Å². The molecule has 1 amide bonds. The number of alkyl halides is 3. The summed E-state index contributed by atoms with van der Waals surface area (Å²) in [5.41, 5.74) is 0. The molecule has 1 aliphatic rings. The highest BCUT2D eigenvalue weighted by molar-refractivity contribution is 5.82. The van der Waals surface area contributed by atoms with Crippen LogP contribution < -0.4 is 0 Å². The van der Waals surface area contributed by atoms with Crippen LogP contribution in [-0.4, -0.2) is 53.9 Å². The summed E-state index contributed by atoms with van der Waals surface area (Å²) in [6, 6.07) is 0. The van der Waals surface area contributed by atoms with Crippen molar-refractivity contribution in [3.63, 3.8) is 0 Å². The zero-order chi connectivity index (χ0) is 12.3. The number of hydrogen-bond acceptors (Lipinski definition) is 3. The van der Waals surface area contributed by atoms with Gasteiger partial charge in [0.25, 0.3) is 0 Å². The predicted octanol–water partition coefficient (Wildman–Crippen LogP) is 0.251. The maximum Gasteiger partial charge on any atom is 0.471 e. The molecule has 1 fully saturated rings. The van der Waals surface area contributed by atoms with E-state index in [0.717, 1.165) is 0 Å². The lowest BCUT2D eigenvalue weighted by Gasteiger charge is -2.17. The van der Waals surface area contributed by atoms with Crippen LogP contribution >= 0.6 is 0 Å². The standard InChI is InChI=1S/C8H10F3NO4/c9-8(10,11)7(15)12-2-1-5(3-12)16-4-6(13)14/h5H,1-4H2,(H,13,14). The van der Waals surface area contributed by atoms with Crippen LogP contribution in [-0.2, 0) is 14.3 Å². The van der Waals surface area contributed by atoms with E-state index in [9.17, 15) is 22.8 Å². The topological polar surface area (TPSA) is 66.8 Å². The Morgan fingerprint density at radius 2 is 2.06 bits per heavy atom. The van der Waals surface area contributed by atoms with Crippen LogP contribution in [0.2, 0.25) is 0 Å². The van der Waals surface area contributed by atoms with Gasteiger partial charge in [-0.05, 0) is 6.42 Å². The fraction of sp³-hybridized carbons (Fsp3) is 0.750. The van der Waals surface area contributed by atoms with E-state index in [1.54, 1.807) is 0 Å². The van der Waals surface area contributed by atoms with Crippen molar-refractivity contribution in [3.8, 4) is 0 Å². The van der Waals surface area contributed by atoms with Crippen molar-refractivity contribution in [2.24, 2.45) is 0 Å². The minimum Gasteiger partial charge on any atom is -0.480 e. The van der Waals surface area contributed by atoms with Crippen LogP contribution in [0.5, 0.6) is 0 Å². The van der Waals surface area contributed by atoms with Crippen LogP contribution in [0.15, 0.2) is 0 Å². The van der Waals surface area contributed by atoms with Crippen LogP contribution in [0.25, 0.3) is 0 Å². The molecule has 1 rings (SSSR count). The third kappa shape index (κ3) is 3.37. The first-order valence-electron chi connectivity index (χ1n) is 4.50. The summed E-state index contributed by atoms with van der Waals surface area (Å²) in [6.45, 7) is -0.854. The smallest absolute Gasteiger partial charge is 0.471 e. The molecule has 16 heavy (non-hydrogen) atoms. The lowest BCUT2D eigenvalue weighted by Crippen LogP contribution is -2.40. The van der Waals surface area contributed by atoms with Gasteiger partial charge in [0.15, 0.2) is 0 Å². The molecular weight excluding hydrogens is 231 g/mol. The second-order valence-electron chi connectivity index (χ2n) is 3.36. The van der Waals surface area contributed by atoms with E-state index in [0.29, 0.717) is 4.90 Å². The summed E-state index contributed by atoms with van der Waals surface area (Å²) in [4.78, 5) is 21.5. The summed E-state index contributed by atoms with van der Waals surface area (Å²) in [6.07, 6.45) is -5.31. The Bertz CT molecular complexity index is 291. The molecule has 0 aromatic carbocycles. The van der Waals surface area contributed by atoms with Crippen molar-refractivity contribution in [1.29, 1.82) is 0 Å². The van der Waals surface area contributed by atoms with Gasteiger partial charge in [-0.1, -0.05) is 0 Å². The molecule has 0 saturated carbocycles. The fourth-order valence-electron chi connectivity index (χ4n) is 1.42. The number of likely N-dealkylation sites (tertiary alicyclic amines) is 1. The van der Waals surface area contributed by atoms with Crippen molar-refractivity contribution in [2.45, 2.75) is 18.7 Å². The molecule has 0 aromatic heterocycles. The van der Waals surface area contributed by atoms with Crippen LogP contribution in [0, 0.1) is 0 Å². The number of amides is 1. The Balaban J connectivity index is 2.41. The maximum atomic E-state index is 12.0. The molecule has 8 heteroatoms. The number of nitrogens with zero attached hydrogens (tertiary/aromatic N) is 1. The molecule has 0 spiro atoms. The minimum absolute atomic E-state index is 0.0668. The molecule has 1 saturated heterocycles. The van der Waals surface area contributed by atoms with Gasteiger partial charge >= 0.3 is 18.1 Å². The van der Waals surface area contributed by atoms with Crippen molar-refractivity contribution in [2.75, 3.05) is 19.7 Å². The molecule has 1 unspecified atom stereocenters. The monoisotopic (exact) mass is 241 g/mol. The Morgan fingerprint density at radius 3 is 2.56 bits per heavy atom. The van der Waals surface area contributed by atoms with E-state index in [2.05, 4.69) is 0 Å². The molecule has 0 bridgehead atoms. The van der Waals surface area contributed by atoms with Gasteiger partial charge in [0, 0.05) is 13.1 Å². The van der Waals surface area contributed by atoms with Crippen molar-refractivity contribution in [1.82, 2.24) is 4.90 Å². The van der Waals surface area contributed by atoms with Gasteiger partial charge in [0.05, 0.1) is 6.10 Å². The molecule has 1 N–H and O–H groups in total. The van der Waals surface area contributed by atoms with Gasteiger partial charge in [-0.2, -0.15) is 13.2 Å².